The van der Waals surface area contributed by atoms with E-state index in [2.05, 4.69) is 57.4 Å². The molecule has 0 radical (unpaired) electrons. The van der Waals surface area contributed by atoms with Gasteiger partial charge in [-0.15, -0.1) is 11.6 Å². The molecule has 0 aliphatic carbocycles. The second-order valence-electron chi connectivity index (χ2n) is 7.46. The molecule has 0 fully saturated rings. The van der Waals surface area contributed by atoms with Gasteiger partial charge in [0, 0.05) is 5.54 Å². The van der Waals surface area contributed by atoms with Gasteiger partial charge in [-0.05, 0) is 44.7 Å². The standard InChI is InChI=1S/C17H25ClN2/c1-12(18)15-19-13-9-7-8-10-14(13)20(15)17(5,6)11-16(2,3)4/h7-10,12H,11H2,1-6H3. The zero-order valence-electron chi connectivity index (χ0n) is 13.4. The maximum Gasteiger partial charge on any atom is 0.128 e. The monoisotopic (exact) mass is 292 g/mol. The summed E-state index contributed by atoms with van der Waals surface area (Å²) in [4.78, 5) is 4.74. The zero-order chi connectivity index (χ0) is 15.1. The highest BCUT2D eigenvalue weighted by Gasteiger charge is 2.31. The number of para-hydroxylation sites is 2. The minimum absolute atomic E-state index is 0.0210. The average Bonchev–Trinajstić information content (AvgIpc) is 2.65. The second kappa shape index (κ2) is 5.07. The first-order valence-electron chi connectivity index (χ1n) is 7.24. The van der Waals surface area contributed by atoms with Crippen molar-refractivity contribution in [3.05, 3.63) is 30.1 Å². The number of halogens is 1. The SMILES string of the molecule is CC(Cl)c1nc2ccccc2n1C(C)(C)CC(C)(C)C. The molecule has 2 nitrogen and oxygen atoms in total. The Morgan fingerprint density at radius 1 is 1.15 bits per heavy atom. The fourth-order valence-corrected chi connectivity index (χ4v) is 3.47. The lowest BCUT2D eigenvalue weighted by atomic mass is 9.81. The predicted molar refractivity (Wildman–Crippen MR) is 87.4 cm³/mol. The molecule has 110 valence electrons. The number of fused-ring (bicyclic) bond motifs is 1. The van der Waals surface area contributed by atoms with E-state index in [1.807, 2.05) is 13.0 Å². The molecule has 1 heterocycles. The molecule has 0 aliphatic rings. The number of benzene rings is 1. The lowest BCUT2D eigenvalue weighted by Crippen LogP contribution is -2.33. The lowest BCUT2D eigenvalue weighted by molar-refractivity contribution is 0.215. The Morgan fingerprint density at radius 2 is 1.75 bits per heavy atom. The number of aromatic nitrogens is 2. The molecular weight excluding hydrogens is 268 g/mol. The Kier molecular flexibility index (Phi) is 3.90. The second-order valence-corrected chi connectivity index (χ2v) is 8.11. The highest BCUT2D eigenvalue weighted by atomic mass is 35.5. The minimum Gasteiger partial charge on any atom is -0.321 e. The van der Waals surface area contributed by atoms with Crippen molar-refractivity contribution < 1.29 is 0 Å². The van der Waals surface area contributed by atoms with Crippen LogP contribution < -0.4 is 0 Å². The molecule has 2 aromatic rings. The summed E-state index contributed by atoms with van der Waals surface area (Å²) in [6.45, 7) is 13.4. The van der Waals surface area contributed by atoms with Crippen LogP contribution in [-0.2, 0) is 5.54 Å². The normalized spacial score (nSPS) is 14.8. The molecule has 1 aromatic heterocycles. The molecule has 3 heteroatoms. The van der Waals surface area contributed by atoms with Crippen LogP contribution in [-0.4, -0.2) is 9.55 Å². The van der Waals surface area contributed by atoms with Crippen LogP contribution in [0.4, 0.5) is 0 Å². The number of hydrogen-bond donors (Lipinski definition) is 0. The molecule has 20 heavy (non-hydrogen) atoms. The highest BCUT2D eigenvalue weighted by molar-refractivity contribution is 6.20. The summed E-state index contributed by atoms with van der Waals surface area (Å²) in [6.07, 6.45) is 1.07. The lowest BCUT2D eigenvalue weighted by Gasteiger charge is -2.36. The summed E-state index contributed by atoms with van der Waals surface area (Å²) in [5, 5.41) is -0.0957. The van der Waals surface area contributed by atoms with Gasteiger partial charge in [-0.1, -0.05) is 32.9 Å². The largest absolute Gasteiger partial charge is 0.321 e. The van der Waals surface area contributed by atoms with Crippen molar-refractivity contribution in [3.63, 3.8) is 0 Å². The van der Waals surface area contributed by atoms with Crippen LogP contribution in [0.2, 0.25) is 0 Å². The summed E-state index contributed by atoms with van der Waals surface area (Å²) in [7, 11) is 0. The third-order valence-corrected chi connectivity index (χ3v) is 3.71. The van der Waals surface area contributed by atoms with Gasteiger partial charge in [0.1, 0.15) is 5.82 Å². The van der Waals surface area contributed by atoms with Crippen molar-refractivity contribution >= 4 is 22.6 Å². The molecule has 2 rings (SSSR count). The summed E-state index contributed by atoms with van der Waals surface area (Å²) in [5.74, 6) is 0.960. The first-order valence-corrected chi connectivity index (χ1v) is 7.67. The van der Waals surface area contributed by atoms with Gasteiger partial charge in [0.2, 0.25) is 0 Å². The summed E-state index contributed by atoms with van der Waals surface area (Å²) < 4.78 is 2.32. The van der Waals surface area contributed by atoms with Gasteiger partial charge in [-0.25, -0.2) is 4.98 Å². The quantitative estimate of drug-likeness (QED) is 0.682. The van der Waals surface area contributed by atoms with Crippen LogP contribution in [0.25, 0.3) is 11.0 Å². The summed E-state index contributed by atoms with van der Waals surface area (Å²) >= 11 is 6.37. The maximum atomic E-state index is 6.37. The number of rotatable bonds is 3. The van der Waals surface area contributed by atoms with E-state index >= 15 is 0 Å². The van der Waals surface area contributed by atoms with E-state index in [1.54, 1.807) is 0 Å². The van der Waals surface area contributed by atoms with Gasteiger partial charge < -0.3 is 4.57 Å². The highest BCUT2D eigenvalue weighted by Crippen LogP contribution is 2.37. The van der Waals surface area contributed by atoms with Crippen LogP contribution in [0.1, 0.15) is 59.2 Å². The van der Waals surface area contributed by atoms with Crippen molar-refractivity contribution in [2.75, 3.05) is 0 Å². The van der Waals surface area contributed by atoms with Crippen molar-refractivity contribution in [1.29, 1.82) is 0 Å². The number of nitrogens with zero attached hydrogens (tertiary/aromatic N) is 2. The Balaban J connectivity index is 2.65. The Labute approximate surface area is 127 Å². The Morgan fingerprint density at radius 3 is 2.30 bits per heavy atom. The van der Waals surface area contributed by atoms with Crippen LogP contribution in [0.5, 0.6) is 0 Å². The fourth-order valence-electron chi connectivity index (χ4n) is 3.32. The first kappa shape index (κ1) is 15.4. The van der Waals surface area contributed by atoms with Gasteiger partial charge in [-0.2, -0.15) is 0 Å². The number of hydrogen-bond acceptors (Lipinski definition) is 1. The topological polar surface area (TPSA) is 17.8 Å². The molecule has 0 saturated carbocycles. The Bertz CT molecular complexity index is 603. The average molecular weight is 293 g/mol. The maximum absolute atomic E-state index is 6.37. The van der Waals surface area contributed by atoms with Gasteiger partial charge in [0.15, 0.2) is 0 Å². The van der Waals surface area contributed by atoms with Crippen LogP contribution in [0, 0.1) is 5.41 Å². The molecule has 1 atom stereocenters. The van der Waals surface area contributed by atoms with Crippen molar-refractivity contribution in [3.8, 4) is 0 Å². The predicted octanol–water partition coefficient (Wildman–Crippen LogP) is 5.51. The Hall–Kier alpha value is -1.02. The summed E-state index contributed by atoms with van der Waals surface area (Å²) in [5.41, 5.74) is 2.43. The third-order valence-electron chi connectivity index (χ3n) is 3.51. The molecular formula is C17H25ClN2. The van der Waals surface area contributed by atoms with E-state index in [0.717, 1.165) is 17.8 Å². The minimum atomic E-state index is -0.0957. The van der Waals surface area contributed by atoms with E-state index in [0.29, 0.717) is 0 Å². The van der Waals surface area contributed by atoms with Crippen molar-refractivity contribution in [2.24, 2.45) is 5.41 Å². The molecule has 0 N–H and O–H groups in total. The van der Waals surface area contributed by atoms with Gasteiger partial charge in [-0.3, -0.25) is 0 Å². The van der Waals surface area contributed by atoms with Crippen LogP contribution in [0.15, 0.2) is 24.3 Å². The van der Waals surface area contributed by atoms with Gasteiger partial charge in [0.25, 0.3) is 0 Å². The van der Waals surface area contributed by atoms with E-state index in [1.165, 1.54) is 5.52 Å². The van der Waals surface area contributed by atoms with Gasteiger partial charge in [0.05, 0.1) is 16.4 Å². The van der Waals surface area contributed by atoms with Crippen LogP contribution >= 0.6 is 11.6 Å². The van der Waals surface area contributed by atoms with Crippen LogP contribution in [0.3, 0.4) is 0 Å². The zero-order valence-corrected chi connectivity index (χ0v) is 14.1. The van der Waals surface area contributed by atoms with Crippen molar-refractivity contribution in [1.82, 2.24) is 9.55 Å². The van der Waals surface area contributed by atoms with Gasteiger partial charge >= 0.3 is 0 Å². The van der Waals surface area contributed by atoms with E-state index < -0.39 is 0 Å². The molecule has 0 amide bonds. The van der Waals surface area contributed by atoms with E-state index in [9.17, 15) is 0 Å². The molecule has 0 aliphatic heterocycles. The number of imidazole rings is 1. The molecule has 0 spiro atoms. The van der Waals surface area contributed by atoms with Crippen molar-refractivity contribution in [2.45, 2.75) is 58.9 Å². The first-order chi connectivity index (χ1) is 9.12. The molecule has 1 aromatic carbocycles. The molecule has 0 saturated heterocycles. The van der Waals surface area contributed by atoms with E-state index in [4.69, 9.17) is 16.6 Å². The third kappa shape index (κ3) is 3.01. The molecule has 0 bridgehead atoms. The molecule has 1 unspecified atom stereocenters. The smallest absolute Gasteiger partial charge is 0.128 e. The van der Waals surface area contributed by atoms with E-state index in [-0.39, 0.29) is 16.3 Å². The fraction of sp³-hybridized carbons (Fsp3) is 0.588. The summed E-state index contributed by atoms with van der Waals surface area (Å²) in [6, 6.07) is 8.28. The number of alkyl halides is 1.